The van der Waals surface area contributed by atoms with Crippen molar-refractivity contribution in [2.75, 3.05) is 20.3 Å². The number of carbonyl (C=O) groups is 2. The zero-order valence-electron chi connectivity index (χ0n) is 36.5. The minimum absolute atomic E-state index is 0.163. The van der Waals surface area contributed by atoms with Crippen molar-refractivity contribution in [1.82, 2.24) is 0 Å². The molecular formula is C48H83O8P. The largest absolute Gasteiger partial charge is 0.472 e. The van der Waals surface area contributed by atoms with Crippen LogP contribution in [-0.2, 0) is 32.7 Å². The molecule has 0 aliphatic heterocycles. The highest BCUT2D eigenvalue weighted by atomic mass is 31.2. The number of carbonyl (C=O) groups excluding carboxylic acids is 2. The monoisotopic (exact) mass is 819 g/mol. The third-order valence-corrected chi connectivity index (χ3v) is 10.4. The van der Waals surface area contributed by atoms with Crippen molar-refractivity contribution < 1.29 is 37.6 Å². The summed E-state index contributed by atoms with van der Waals surface area (Å²) in [5.41, 5.74) is 0. The summed E-state index contributed by atoms with van der Waals surface area (Å²) in [6.45, 7) is 3.73. The molecule has 0 saturated carbocycles. The molecule has 0 aromatic carbocycles. The van der Waals surface area contributed by atoms with Crippen molar-refractivity contribution in [2.24, 2.45) is 0 Å². The lowest BCUT2D eigenvalue weighted by Crippen LogP contribution is -2.29. The van der Waals surface area contributed by atoms with E-state index in [4.69, 9.17) is 14.0 Å². The Morgan fingerprint density at radius 2 is 0.912 bits per heavy atom. The predicted octanol–water partition coefficient (Wildman–Crippen LogP) is 14.5. The van der Waals surface area contributed by atoms with Crippen molar-refractivity contribution in [3.63, 3.8) is 0 Å². The first-order valence-electron chi connectivity index (χ1n) is 22.6. The van der Waals surface area contributed by atoms with Crippen molar-refractivity contribution in [2.45, 2.75) is 200 Å². The fourth-order valence-corrected chi connectivity index (χ4v) is 6.44. The molecule has 0 fully saturated rings. The Balaban J connectivity index is 4.04. The van der Waals surface area contributed by atoms with E-state index in [1.807, 2.05) is 6.08 Å². The van der Waals surface area contributed by atoms with Gasteiger partial charge >= 0.3 is 19.8 Å². The Morgan fingerprint density at radius 1 is 0.509 bits per heavy atom. The molecule has 2 unspecified atom stereocenters. The maximum absolute atomic E-state index is 12.5. The van der Waals surface area contributed by atoms with Crippen LogP contribution in [0.3, 0.4) is 0 Å². The van der Waals surface area contributed by atoms with Crippen LogP contribution in [0.4, 0.5) is 0 Å². The second kappa shape index (κ2) is 43.1. The summed E-state index contributed by atoms with van der Waals surface area (Å²) >= 11 is 0. The highest BCUT2D eigenvalue weighted by molar-refractivity contribution is 7.47. The average Bonchev–Trinajstić information content (AvgIpc) is 3.20. The number of unbranched alkanes of at least 4 members (excludes halogenated alkanes) is 18. The Labute approximate surface area is 349 Å². The van der Waals surface area contributed by atoms with Gasteiger partial charge in [-0.2, -0.15) is 0 Å². The van der Waals surface area contributed by atoms with Crippen LogP contribution in [0.2, 0.25) is 0 Å². The van der Waals surface area contributed by atoms with Gasteiger partial charge in [0.2, 0.25) is 0 Å². The lowest BCUT2D eigenvalue weighted by Gasteiger charge is -2.19. The number of ether oxygens (including phenoxy) is 2. The van der Waals surface area contributed by atoms with Crippen LogP contribution in [0.1, 0.15) is 194 Å². The number of esters is 2. The molecule has 0 heterocycles. The highest BCUT2D eigenvalue weighted by Crippen LogP contribution is 2.42. The molecular weight excluding hydrogens is 735 g/mol. The van der Waals surface area contributed by atoms with E-state index in [0.717, 1.165) is 58.5 Å². The SMILES string of the molecule is CC/C=C\C/C=C\C/C=C\C/C=C\C/C=C\CCCC(=O)OC(COC(=O)CCCCCCCCCCC/C=C\CCCCCCCCCC)COP(=O)(O)OC. The van der Waals surface area contributed by atoms with E-state index in [1.165, 1.54) is 103 Å². The summed E-state index contributed by atoms with van der Waals surface area (Å²) in [5, 5.41) is 0. The summed E-state index contributed by atoms with van der Waals surface area (Å²) in [5.74, 6) is -0.876. The second-order valence-corrected chi connectivity index (χ2v) is 16.4. The van der Waals surface area contributed by atoms with Gasteiger partial charge in [-0.05, 0) is 77.0 Å². The fraction of sp³-hybridized carbons (Fsp3) is 0.708. The smallest absolute Gasteiger partial charge is 0.462 e. The predicted molar refractivity (Wildman–Crippen MR) is 239 cm³/mol. The summed E-state index contributed by atoms with van der Waals surface area (Å²) in [7, 11) is -3.23. The first kappa shape index (κ1) is 54.5. The van der Waals surface area contributed by atoms with Crippen LogP contribution in [0, 0.1) is 0 Å². The number of phosphoric ester groups is 1. The van der Waals surface area contributed by atoms with Crippen LogP contribution in [0.5, 0.6) is 0 Å². The average molecular weight is 819 g/mol. The van der Waals surface area contributed by atoms with Gasteiger partial charge in [0.25, 0.3) is 0 Å². The first-order chi connectivity index (χ1) is 27.8. The molecule has 0 amide bonds. The van der Waals surface area contributed by atoms with Gasteiger partial charge in [-0.3, -0.25) is 18.6 Å². The van der Waals surface area contributed by atoms with Crippen LogP contribution in [0.15, 0.2) is 72.9 Å². The molecule has 0 aliphatic carbocycles. The third kappa shape index (κ3) is 42.9. The number of allylic oxidation sites excluding steroid dienone is 12. The molecule has 9 heteroatoms. The standard InChI is InChI=1S/C48H83O8P/c1-4-6-8-10-12-14-16-18-20-22-23-24-25-27-28-30-32-34-36-38-40-42-47(49)54-44-46(45-55-57(51,52)53-3)56-48(50)43-41-39-37-35-33-31-29-26-21-19-17-15-13-11-9-7-5-2/h7,9,13,15,19,21-23,29,31,35,37,46H,4-6,8,10-12,14,16-18,20,24-28,30,32-34,36,38-45H2,1-3H3,(H,51,52)/b9-7-,15-13-,21-19-,23-22-,31-29-,37-35-. The van der Waals surface area contributed by atoms with Gasteiger partial charge in [0.05, 0.1) is 6.61 Å². The minimum atomic E-state index is -4.28. The molecule has 0 aliphatic rings. The summed E-state index contributed by atoms with van der Waals surface area (Å²) in [6, 6.07) is 0. The van der Waals surface area contributed by atoms with Gasteiger partial charge in [0.1, 0.15) is 6.61 Å². The lowest BCUT2D eigenvalue weighted by atomic mass is 10.1. The van der Waals surface area contributed by atoms with Crippen LogP contribution in [0.25, 0.3) is 0 Å². The van der Waals surface area contributed by atoms with Crippen molar-refractivity contribution in [3.05, 3.63) is 72.9 Å². The maximum atomic E-state index is 12.5. The Kier molecular flexibility index (Phi) is 41.2. The van der Waals surface area contributed by atoms with Crippen LogP contribution >= 0.6 is 7.82 Å². The zero-order chi connectivity index (χ0) is 41.8. The third-order valence-electron chi connectivity index (χ3n) is 9.43. The molecule has 0 aromatic heterocycles. The van der Waals surface area contributed by atoms with Crippen molar-refractivity contribution in [3.8, 4) is 0 Å². The van der Waals surface area contributed by atoms with E-state index in [-0.39, 0.29) is 25.4 Å². The fourth-order valence-electron chi connectivity index (χ4n) is 5.98. The first-order valence-corrected chi connectivity index (χ1v) is 24.1. The number of hydrogen-bond donors (Lipinski definition) is 1. The molecule has 0 rings (SSSR count). The van der Waals surface area contributed by atoms with Gasteiger partial charge in [-0.25, -0.2) is 4.57 Å². The Morgan fingerprint density at radius 3 is 1.40 bits per heavy atom. The van der Waals surface area contributed by atoms with Crippen molar-refractivity contribution in [1.29, 1.82) is 0 Å². The van der Waals surface area contributed by atoms with E-state index >= 15 is 0 Å². The van der Waals surface area contributed by atoms with E-state index < -0.39 is 26.5 Å². The quantitative estimate of drug-likeness (QED) is 0.0281. The maximum Gasteiger partial charge on any atom is 0.472 e. The van der Waals surface area contributed by atoms with Gasteiger partial charge < -0.3 is 14.4 Å². The van der Waals surface area contributed by atoms with Crippen molar-refractivity contribution >= 4 is 19.8 Å². The molecule has 1 N–H and O–H groups in total. The molecule has 2 atom stereocenters. The molecule has 0 radical (unpaired) electrons. The Bertz CT molecular complexity index is 1160. The van der Waals surface area contributed by atoms with E-state index in [1.54, 1.807) is 0 Å². The number of rotatable bonds is 41. The van der Waals surface area contributed by atoms with Gasteiger partial charge in [-0.15, -0.1) is 0 Å². The summed E-state index contributed by atoms with van der Waals surface area (Å²) in [4.78, 5) is 34.5. The van der Waals surface area contributed by atoms with Crippen LogP contribution < -0.4 is 0 Å². The minimum Gasteiger partial charge on any atom is -0.462 e. The summed E-state index contributed by atoms with van der Waals surface area (Å²) < 4.78 is 32.0. The molecule has 0 bridgehead atoms. The van der Waals surface area contributed by atoms with Crippen LogP contribution in [-0.4, -0.2) is 43.3 Å². The summed E-state index contributed by atoms with van der Waals surface area (Å²) in [6.07, 6.45) is 55.4. The van der Waals surface area contributed by atoms with Gasteiger partial charge in [0.15, 0.2) is 6.10 Å². The van der Waals surface area contributed by atoms with E-state index in [0.29, 0.717) is 12.8 Å². The topological polar surface area (TPSA) is 108 Å². The van der Waals surface area contributed by atoms with E-state index in [9.17, 15) is 19.0 Å². The molecule has 328 valence electrons. The van der Waals surface area contributed by atoms with Gasteiger partial charge in [-0.1, -0.05) is 177 Å². The zero-order valence-corrected chi connectivity index (χ0v) is 37.4. The highest BCUT2D eigenvalue weighted by Gasteiger charge is 2.24. The molecule has 8 nitrogen and oxygen atoms in total. The molecule has 0 aromatic rings. The normalized spacial score (nSPS) is 14.0. The number of hydrogen-bond acceptors (Lipinski definition) is 7. The number of phosphoric acid groups is 1. The van der Waals surface area contributed by atoms with E-state index in [2.05, 4.69) is 85.2 Å². The second-order valence-electron chi connectivity index (χ2n) is 14.8. The Hall–Kier alpha value is -2.51. The molecule has 57 heavy (non-hydrogen) atoms. The molecule has 0 saturated heterocycles. The van der Waals surface area contributed by atoms with Gasteiger partial charge in [0, 0.05) is 20.0 Å². The molecule has 0 spiro atoms. The lowest BCUT2D eigenvalue weighted by molar-refractivity contribution is -0.161.